The van der Waals surface area contributed by atoms with Crippen LogP contribution >= 0.6 is 0 Å². The Morgan fingerprint density at radius 1 is 1.35 bits per heavy atom. The topological polar surface area (TPSA) is 57.0 Å². The Bertz CT molecular complexity index is 570. The predicted molar refractivity (Wildman–Crippen MR) is 85.5 cm³/mol. The molecule has 0 bridgehead atoms. The smallest absolute Gasteiger partial charge is 0.241 e. The van der Waals surface area contributed by atoms with Crippen LogP contribution in [-0.2, 0) is 16.1 Å². The molecule has 126 valence electrons. The van der Waals surface area contributed by atoms with Gasteiger partial charge < -0.3 is 14.2 Å². The van der Waals surface area contributed by atoms with Crippen molar-refractivity contribution in [1.82, 2.24) is 14.7 Å². The third kappa shape index (κ3) is 3.27. The summed E-state index contributed by atoms with van der Waals surface area (Å²) < 4.78 is 5.13. The van der Waals surface area contributed by atoms with E-state index in [2.05, 4.69) is 4.90 Å². The third-order valence-corrected chi connectivity index (χ3v) is 5.07. The molecule has 6 nitrogen and oxygen atoms in total. The van der Waals surface area contributed by atoms with Gasteiger partial charge >= 0.3 is 0 Å². The van der Waals surface area contributed by atoms with E-state index in [4.69, 9.17) is 4.42 Å². The van der Waals surface area contributed by atoms with Crippen LogP contribution in [0, 0.1) is 5.41 Å². The molecule has 2 aliphatic heterocycles. The van der Waals surface area contributed by atoms with Gasteiger partial charge in [0.15, 0.2) is 0 Å². The van der Waals surface area contributed by atoms with E-state index < -0.39 is 0 Å². The highest BCUT2D eigenvalue weighted by Crippen LogP contribution is 2.40. The lowest BCUT2D eigenvalue weighted by molar-refractivity contribution is -0.143. The van der Waals surface area contributed by atoms with Gasteiger partial charge in [-0.3, -0.25) is 14.5 Å². The molecule has 2 fully saturated rings. The summed E-state index contributed by atoms with van der Waals surface area (Å²) in [6.45, 7) is 3.51. The Labute approximate surface area is 137 Å². The number of hydrogen-bond acceptors (Lipinski definition) is 4. The number of carbonyl (C=O) groups is 2. The number of amides is 2. The molecule has 3 heterocycles. The maximum Gasteiger partial charge on any atom is 0.241 e. The molecular weight excluding hydrogens is 294 g/mol. The van der Waals surface area contributed by atoms with Crippen LogP contribution in [0.5, 0.6) is 0 Å². The fourth-order valence-corrected chi connectivity index (χ4v) is 3.73. The molecule has 1 aromatic rings. The Hall–Kier alpha value is -1.82. The third-order valence-electron chi connectivity index (χ3n) is 5.07. The fourth-order valence-electron chi connectivity index (χ4n) is 3.73. The number of rotatable bonds is 4. The molecule has 2 amide bonds. The Morgan fingerprint density at radius 2 is 2.17 bits per heavy atom. The first-order valence-electron chi connectivity index (χ1n) is 8.23. The highest BCUT2D eigenvalue weighted by atomic mass is 16.3. The van der Waals surface area contributed by atoms with Gasteiger partial charge in [0.05, 0.1) is 24.5 Å². The summed E-state index contributed by atoms with van der Waals surface area (Å²) in [7, 11) is 3.46. The number of likely N-dealkylation sites (N-methyl/N-ethyl adjacent to an activating group) is 1. The molecule has 0 radical (unpaired) electrons. The van der Waals surface area contributed by atoms with E-state index in [1.807, 2.05) is 6.07 Å². The van der Waals surface area contributed by atoms with Gasteiger partial charge in [0.25, 0.3) is 0 Å². The van der Waals surface area contributed by atoms with E-state index >= 15 is 0 Å². The number of nitrogens with zero attached hydrogens (tertiary/aromatic N) is 3. The monoisotopic (exact) mass is 319 g/mol. The number of carbonyl (C=O) groups excluding carboxylic acids is 2. The van der Waals surface area contributed by atoms with E-state index in [1.54, 1.807) is 36.4 Å². The van der Waals surface area contributed by atoms with Gasteiger partial charge in [0, 0.05) is 39.3 Å². The summed E-state index contributed by atoms with van der Waals surface area (Å²) in [5, 5.41) is 0. The van der Waals surface area contributed by atoms with Gasteiger partial charge in [0.2, 0.25) is 11.8 Å². The van der Waals surface area contributed by atoms with Crippen molar-refractivity contribution in [2.75, 3.05) is 40.3 Å². The van der Waals surface area contributed by atoms with E-state index in [9.17, 15) is 9.59 Å². The molecule has 23 heavy (non-hydrogen) atoms. The number of hydrogen-bond donors (Lipinski definition) is 0. The lowest BCUT2D eigenvalue weighted by Gasteiger charge is -2.38. The quantitative estimate of drug-likeness (QED) is 0.836. The Morgan fingerprint density at radius 3 is 2.87 bits per heavy atom. The van der Waals surface area contributed by atoms with Crippen molar-refractivity contribution in [2.45, 2.75) is 25.8 Å². The molecular formula is C17H25N3O3. The van der Waals surface area contributed by atoms with Crippen LogP contribution in [0.4, 0.5) is 0 Å². The van der Waals surface area contributed by atoms with Gasteiger partial charge in [-0.25, -0.2) is 0 Å². The summed E-state index contributed by atoms with van der Waals surface area (Å²) >= 11 is 0. The van der Waals surface area contributed by atoms with Crippen molar-refractivity contribution in [2.24, 2.45) is 5.41 Å². The van der Waals surface area contributed by atoms with Crippen LogP contribution in [0.15, 0.2) is 23.0 Å². The number of piperidine rings is 1. The zero-order valence-corrected chi connectivity index (χ0v) is 14.0. The molecule has 0 saturated carbocycles. The molecule has 1 spiro atoms. The zero-order valence-electron chi connectivity index (χ0n) is 14.0. The molecule has 2 saturated heterocycles. The van der Waals surface area contributed by atoms with Gasteiger partial charge in [-0.1, -0.05) is 0 Å². The first kappa shape index (κ1) is 16.1. The maximum atomic E-state index is 12.9. The van der Waals surface area contributed by atoms with Gasteiger partial charge in [0.1, 0.15) is 0 Å². The molecule has 3 rings (SSSR count). The normalized spacial score (nSPS) is 25.3. The highest BCUT2D eigenvalue weighted by molar-refractivity contribution is 5.89. The van der Waals surface area contributed by atoms with E-state index in [0.717, 1.165) is 44.5 Å². The summed E-state index contributed by atoms with van der Waals surface area (Å²) in [5.74, 6) is 0.144. The molecule has 6 heteroatoms. The van der Waals surface area contributed by atoms with Crippen molar-refractivity contribution in [1.29, 1.82) is 0 Å². The van der Waals surface area contributed by atoms with Crippen LogP contribution in [0.3, 0.4) is 0 Å². The van der Waals surface area contributed by atoms with Crippen LogP contribution in [0.1, 0.15) is 24.8 Å². The van der Waals surface area contributed by atoms with Crippen molar-refractivity contribution < 1.29 is 14.0 Å². The van der Waals surface area contributed by atoms with Crippen molar-refractivity contribution in [3.8, 4) is 0 Å². The van der Waals surface area contributed by atoms with E-state index in [-0.39, 0.29) is 23.8 Å². The first-order chi connectivity index (χ1) is 11.0. The zero-order chi connectivity index (χ0) is 16.4. The molecule has 0 aliphatic carbocycles. The summed E-state index contributed by atoms with van der Waals surface area (Å²) in [4.78, 5) is 30.4. The summed E-state index contributed by atoms with van der Waals surface area (Å²) in [5.41, 5.74) is 0.848. The minimum atomic E-state index is -0.297. The molecule has 1 aromatic heterocycles. The minimum Gasteiger partial charge on any atom is -0.472 e. The van der Waals surface area contributed by atoms with Gasteiger partial charge in [-0.2, -0.15) is 0 Å². The average Bonchev–Trinajstić information content (AvgIpc) is 3.12. The average molecular weight is 319 g/mol. The second-order valence-electron chi connectivity index (χ2n) is 6.99. The summed E-state index contributed by atoms with van der Waals surface area (Å²) in [6, 6.07) is 1.97. The molecule has 0 aromatic carbocycles. The second kappa shape index (κ2) is 6.35. The van der Waals surface area contributed by atoms with Crippen molar-refractivity contribution in [3.63, 3.8) is 0 Å². The van der Waals surface area contributed by atoms with Crippen LogP contribution < -0.4 is 0 Å². The molecule has 0 unspecified atom stereocenters. The Kier molecular flexibility index (Phi) is 4.43. The van der Waals surface area contributed by atoms with Crippen LogP contribution in [-0.4, -0.2) is 66.8 Å². The maximum absolute atomic E-state index is 12.9. The first-order valence-corrected chi connectivity index (χ1v) is 8.23. The molecule has 1 atom stereocenters. The fraction of sp³-hybridized carbons (Fsp3) is 0.647. The largest absolute Gasteiger partial charge is 0.472 e. The van der Waals surface area contributed by atoms with E-state index in [0.29, 0.717) is 6.54 Å². The van der Waals surface area contributed by atoms with Crippen molar-refractivity contribution >= 4 is 11.8 Å². The van der Waals surface area contributed by atoms with Gasteiger partial charge in [-0.15, -0.1) is 0 Å². The predicted octanol–water partition coefficient (Wildman–Crippen LogP) is 1.18. The second-order valence-corrected chi connectivity index (χ2v) is 6.99. The molecule has 2 aliphatic rings. The lowest BCUT2D eigenvalue weighted by Crippen LogP contribution is -2.48. The minimum absolute atomic E-state index is 0.0125. The summed E-state index contributed by atoms with van der Waals surface area (Å²) in [6.07, 6.45) is 6.26. The van der Waals surface area contributed by atoms with Crippen LogP contribution in [0.25, 0.3) is 0 Å². The van der Waals surface area contributed by atoms with E-state index in [1.165, 1.54) is 0 Å². The number of likely N-dealkylation sites (tertiary alicyclic amines) is 2. The standard InChI is InChI=1S/C17H25N3O3/c1-18(2)15(21)11-20-8-6-17(16(20)22)5-3-7-19(13-17)10-14-4-9-23-12-14/h4,9,12H,3,5-8,10-11,13H2,1-2H3/t17-/m1/s1. The van der Waals surface area contributed by atoms with Gasteiger partial charge in [-0.05, 0) is 31.9 Å². The lowest BCUT2D eigenvalue weighted by atomic mass is 9.78. The molecule has 0 N–H and O–H groups in total. The SMILES string of the molecule is CN(C)C(=O)CN1CC[C@@]2(CCCN(Cc3ccoc3)C2)C1=O. The van der Waals surface area contributed by atoms with Crippen molar-refractivity contribution in [3.05, 3.63) is 24.2 Å². The highest BCUT2D eigenvalue weighted by Gasteiger charge is 2.49. The van der Waals surface area contributed by atoms with Crippen LogP contribution in [0.2, 0.25) is 0 Å². The number of furan rings is 1. The Balaban J connectivity index is 1.64.